The highest BCUT2D eigenvalue weighted by atomic mass is 16.3. The van der Waals surface area contributed by atoms with Crippen molar-refractivity contribution in [3.8, 4) is 0 Å². The van der Waals surface area contributed by atoms with Gasteiger partial charge >= 0.3 is 0 Å². The average Bonchev–Trinajstić information content (AvgIpc) is 3.33. The predicted octanol–water partition coefficient (Wildman–Crippen LogP) is 3.23. The van der Waals surface area contributed by atoms with Crippen molar-refractivity contribution in [3.05, 3.63) is 41.1 Å². The van der Waals surface area contributed by atoms with E-state index in [1.165, 1.54) is 12.8 Å². The summed E-state index contributed by atoms with van der Waals surface area (Å²) in [7, 11) is 0. The lowest BCUT2D eigenvalue weighted by atomic mass is 9.75. The number of carbonyl (C=O) groups is 1. The summed E-state index contributed by atoms with van der Waals surface area (Å²) in [6, 6.07) is 5.87. The summed E-state index contributed by atoms with van der Waals surface area (Å²) in [6.45, 7) is 9.11. The monoisotopic (exact) mass is 328 g/mol. The topological polar surface area (TPSA) is 61.4 Å². The molecule has 0 spiro atoms. The quantitative estimate of drug-likeness (QED) is 0.750. The number of hydrogen-bond acceptors (Lipinski definition) is 4. The molecule has 4 nitrogen and oxygen atoms in total. The number of fused-ring (bicyclic) bond motifs is 1. The Balaban J connectivity index is 1.88. The highest BCUT2D eigenvalue weighted by molar-refractivity contribution is 6.11. The maximum absolute atomic E-state index is 12.8. The van der Waals surface area contributed by atoms with E-state index >= 15 is 0 Å². The van der Waals surface area contributed by atoms with Crippen molar-refractivity contribution in [2.75, 3.05) is 18.5 Å². The Bertz CT molecular complexity index is 685. The van der Waals surface area contributed by atoms with Crippen LogP contribution in [0.4, 0.5) is 5.69 Å². The molecule has 0 aromatic heterocycles. The Hall–Kier alpha value is -1.81. The van der Waals surface area contributed by atoms with Crippen LogP contribution >= 0.6 is 0 Å². The third kappa shape index (κ3) is 3.48. The summed E-state index contributed by atoms with van der Waals surface area (Å²) in [4.78, 5) is 12.8. The Kier molecular flexibility index (Phi) is 4.20. The van der Waals surface area contributed by atoms with E-state index in [0.717, 1.165) is 35.0 Å². The molecular weight excluding hydrogens is 300 g/mol. The second kappa shape index (κ2) is 5.92. The molecule has 0 radical (unpaired) electrons. The normalized spacial score (nSPS) is 19.5. The number of anilines is 1. The van der Waals surface area contributed by atoms with Gasteiger partial charge in [-0.2, -0.15) is 0 Å². The Morgan fingerprint density at radius 3 is 2.62 bits per heavy atom. The molecule has 3 rings (SSSR count). The SMILES string of the molecule is CC(C)(CO)Nc1ccc2c(c1)C(C)(C)C=C(NCC1CC1)C2=O. The molecule has 0 amide bonds. The van der Waals surface area contributed by atoms with Crippen LogP contribution in [0.3, 0.4) is 0 Å². The smallest absolute Gasteiger partial charge is 0.208 e. The second-order valence-corrected chi connectivity index (χ2v) is 8.36. The van der Waals surface area contributed by atoms with Crippen LogP contribution in [-0.4, -0.2) is 29.6 Å². The number of Topliss-reactive ketones (excluding diaryl/α,β-unsaturated/α-hetero) is 1. The predicted molar refractivity (Wildman–Crippen MR) is 97.4 cm³/mol. The van der Waals surface area contributed by atoms with Crippen LogP contribution in [-0.2, 0) is 5.41 Å². The van der Waals surface area contributed by atoms with Crippen LogP contribution in [0, 0.1) is 5.92 Å². The van der Waals surface area contributed by atoms with Gasteiger partial charge in [0.25, 0.3) is 0 Å². The molecule has 0 saturated heterocycles. The molecule has 1 saturated carbocycles. The van der Waals surface area contributed by atoms with Gasteiger partial charge in [0.1, 0.15) is 0 Å². The van der Waals surface area contributed by atoms with Crippen LogP contribution in [0.2, 0.25) is 0 Å². The van der Waals surface area contributed by atoms with Crippen molar-refractivity contribution < 1.29 is 9.90 Å². The molecular formula is C20H28N2O2. The maximum Gasteiger partial charge on any atom is 0.208 e. The summed E-state index contributed by atoms with van der Waals surface area (Å²) in [5, 5.41) is 16.1. The molecule has 1 fully saturated rings. The van der Waals surface area contributed by atoms with Crippen molar-refractivity contribution in [1.29, 1.82) is 0 Å². The van der Waals surface area contributed by atoms with E-state index in [1.54, 1.807) is 0 Å². The van der Waals surface area contributed by atoms with Crippen molar-refractivity contribution in [3.63, 3.8) is 0 Å². The van der Waals surface area contributed by atoms with Crippen molar-refractivity contribution in [2.24, 2.45) is 5.92 Å². The first-order valence-corrected chi connectivity index (χ1v) is 8.77. The van der Waals surface area contributed by atoms with Crippen LogP contribution in [0.25, 0.3) is 0 Å². The fourth-order valence-corrected chi connectivity index (χ4v) is 3.14. The fourth-order valence-electron chi connectivity index (χ4n) is 3.14. The van der Waals surface area contributed by atoms with Gasteiger partial charge < -0.3 is 15.7 Å². The Labute approximate surface area is 144 Å². The number of allylic oxidation sites excluding steroid dienone is 2. The number of nitrogens with one attached hydrogen (secondary N) is 2. The maximum atomic E-state index is 12.8. The zero-order valence-corrected chi connectivity index (χ0v) is 15.1. The Morgan fingerprint density at radius 1 is 1.29 bits per heavy atom. The zero-order valence-electron chi connectivity index (χ0n) is 15.1. The van der Waals surface area contributed by atoms with Gasteiger partial charge in [-0.1, -0.05) is 13.8 Å². The number of aliphatic hydroxyl groups excluding tert-OH is 1. The molecule has 0 heterocycles. The minimum absolute atomic E-state index is 0.0432. The molecule has 0 aliphatic heterocycles. The summed E-state index contributed by atoms with van der Waals surface area (Å²) < 4.78 is 0. The number of benzene rings is 1. The van der Waals surface area contributed by atoms with Crippen LogP contribution in [0.1, 0.15) is 56.5 Å². The van der Waals surface area contributed by atoms with E-state index in [9.17, 15) is 9.90 Å². The first-order chi connectivity index (χ1) is 11.2. The van der Waals surface area contributed by atoms with E-state index in [0.29, 0.717) is 0 Å². The molecule has 2 aliphatic carbocycles. The minimum atomic E-state index is -0.399. The molecule has 24 heavy (non-hydrogen) atoms. The van der Waals surface area contributed by atoms with Crippen LogP contribution in [0.15, 0.2) is 30.0 Å². The van der Waals surface area contributed by atoms with Gasteiger partial charge in [0, 0.05) is 23.2 Å². The molecule has 0 unspecified atom stereocenters. The lowest BCUT2D eigenvalue weighted by Gasteiger charge is -2.32. The Morgan fingerprint density at radius 2 is 2.00 bits per heavy atom. The number of carbonyl (C=O) groups excluding carboxylic acids is 1. The van der Waals surface area contributed by atoms with Crippen LogP contribution < -0.4 is 10.6 Å². The molecule has 1 aromatic rings. The zero-order chi connectivity index (χ0) is 17.5. The first kappa shape index (κ1) is 17.0. The summed E-state index contributed by atoms with van der Waals surface area (Å²) in [5.74, 6) is 0.813. The van der Waals surface area contributed by atoms with Crippen molar-refractivity contribution in [2.45, 2.75) is 51.5 Å². The summed E-state index contributed by atoms with van der Waals surface area (Å²) in [5.41, 5.74) is 2.85. The van der Waals surface area contributed by atoms with Gasteiger partial charge in [0.2, 0.25) is 5.78 Å². The van der Waals surface area contributed by atoms with Gasteiger partial charge in [-0.15, -0.1) is 0 Å². The summed E-state index contributed by atoms with van der Waals surface area (Å²) in [6.07, 6.45) is 4.59. The summed E-state index contributed by atoms with van der Waals surface area (Å²) >= 11 is 0. The first-order valence-electron chi connectivity index (χ1n) is 8.77. The van der Waals surface area contributed by atoms with E-state index in [4.69, 9.17) is 0 Å². The van der Waals surface area contributed by atoms with Crippen molar-refractivity contribution >= 4 is 11.5 Å². The highest BCUT2D eigenvalue weighted by Gasteiger charge is 2.33. The lowest BCUT2D eigenvalue weighted by Crippen LogP contribution is -2.36. The molecule has 0 atom stereocenters. The number of aliphatic hydroxyl groups is 1. The highest BCUT2D eigenvalue weighted by Crippen LogP contribution is 2.37. The standard InChI is InChI=1S/C20H28N2O2/c1-19(2)10-17(21-11-13-5-6-13)18(24)15-8-7-14(9-16(15)19)22-20(3,4)12-23/h7-10,13,21-23H,5-6,11-12H2,1-4H3. The molecule has 3 N–H and O–H groups in total. The van der Waals surface area contributed by atoms with Gasteiger partial charge in [0.05, 0.1) is 17.8 Å². The minimum Gasteiger partial charge on any atom is -0.394 e. The average molecular weight is 328 g/mol. The van der Waals surface area contributed by atoms with Gasteiger partial charge in [-0.05, 0) is 62.4 Å². The van der Waals surface area contributed by atoms with E-state index < -0.39 is 5.54 Å². The fraction of sp³-hybridized carbons (Fsp3) is 0.550. The number of rotatable bonds is 6. The van der Waals surface area contributed by atoms with E-state index in [1.807, 2.05) is 32.0 Å². The van der Waals surface area contributed by atoms with Crippen molar-refractivity contribution in [1.82, 2.24) is 5.32 Å². The molecule has 4 heteroatoms. The second-order valence-electron chi connectivity index (χ2n) is 8.36. The largest absolute Gasteiger partial charge is 0.394 e. The lowest BCUT2D eigenvalue weighted by molar-refractivity contribution is 0.102. The molecule has 0 bridgehead atoms. The van der Waals surface area contributed by atoms with E-state index in [2.05, 4.69) is 30.6 Å². The van der Waals surface area contributed by atoms with Gasteiger partial charge in [-0.3, -0.25) is 4.79 Å². The van der Waals surface area contributed by atoms with Gasteiger partial charge in [-0.25, -0.2) is 0 Å². The van der Waals surface area contributed by atoms with Gasteiger partial charge in [0.15, 0.2) is 0 Å². The molecule has 1 aromatic carbocycles. The number of hydrogen-bond donors (Lipinski definition) is 3. The van der Waals surface area contributed by atoms with E-state index in [-0.39, 0.29) is 17.8 Å². The molecule has 130 valence electrons. The third-order valence-electron chi connectivity index (χ3n) is 4.86. The van der Waals surface area contributed by atoms with Crippen LogP contribution in [0.5, 0.6) is 0 Å². The molecule has 2 aliphatic rings. The number of ketones is 1. The third-order valence-corrected chi connectivity index (χ3v) is 4.86.